The molecule has 1 aromatic heterocycles. The Bertz CT molecular complexity index is 1200. The number of fused-ring (bicyclic) bond motifs is 1. The average Bonchev–Trinajstić information content (AvgIpc) is 2.93. The Kier molecular flexibility index (Phi) is 9.71. The molecule has 2 aromatic carbocycles. The number of nitrogens with zero attached hydrogens (tertiary/aromatic N) is 2. The van der Waals surface area contributed by atoms with Crippen LogP contribution in [0.4, 0.5) is 0 Å². The zero-order chi connectivity index (χ0) is 26.3. The molecule has 8 heteroatoms. The zero-order valence-electron chi connectivity index (χ0n) is 21.6. The highest BCUT2D eigenvalue weighted by Gasteiger charge is 2.40. The summed E-state index contributed by atoms with van der Waals surface area (Å²) in [5.74, 6) is 1.57. The number of nitrogens with one attached hydrogen (secondary N) is 1. The topological polar surface area (TPSA) is 74.7 Å². The number of pyridine rings is 1. The first kappa shape index (κ1) is 27.7. The van der Waals surface area contributed by atoms with Crippen LogP contribution in [0.3, 0.4) is 0 Å². The minimum absolute atomic E-state index is 0.269. The molecule has 0 atom stereocenters. The number of aromatic nitrogens is 1. The molecule has 1 aliphatic heterocycles. The fourth-order valence-electron chi connectivity index (χ4n) is 5.21. The number of hydrogen-bond donors (Lipinski definition) is 2. The number of ether oxygens (including phenoxy) is 1. The SMILES string of the molecule is COc1ccc2ncc(Cl)c(CCCC3(C(=O)NO)CCN(CCCSc4ccc(C)cc4)CC3)c2c1. The van der Waals surface area contributed by atoms with Gasteiger partial charge in [-0.05, 0) is 107 Å². The number of methoxy groups -OCH3 is 1. The van der Waals surface area contributed by atoms with Crippen molar-refractivity contribution >= 4 is 40.2 Å². The lowest BCUT2D eigenvalue weighted by Crippen LogP contribution is -2.48. The van der Waals surface area contributed by atoms with E-state index in [0.717, 1.165) is 79.7 Å². The number of thioether (sulfide) groups is 1. The number of carbonyl (C=O) groups is 1. The predicted octanol–water partition coefficient (Wildman–Crippen LogP) is 6.30. The summed E-state index contributed by atoms with van der Waals surface area (Å²) in [7, 11) is 1.64. The van der Waals surface area contributed by atoms with E-state index in [1.54, 1.807) is 13.3 Å². The molecule has 3 aromatic rings. The van der Waals surface area contributed by atoms with Gasteiger partial charge in [0.05, 0.1) is 23.1 Å². The summed E-state index contributed by atoms with van der Waals surface area (Å²) in [5.41, 5.74) is 4.57. The number of benzene rings is 2. The van der Waals surface area contributed by atoms with Crippen LogP contribution in [-0.4, -0.2) is 53.5 Å². The lowest BCUT2D eigenvalue weighted by Gasteiger charge is -2.40. The average molecular weight is 542 g/mol. The van der Waals surface area contributed by atoms with Crippen molar-refractivity contribution in [2.75, 3.05) is 32.5 Å². The molecule has 1 amide bonds. The highest BCUT2D eigenvalue weighted by atomic mass is 35.5. The maximum Gasteiger partial charge on any atom is 0.249 e. The maximum absolute atomic E-state index is 12.8. The van der Waals surface area contributed by atoms with E-state index in [-0.39, 0.29) is 5.91 Å². The minimum Gasteiger partial charge on any atom is -0.497 e. The van der Waals surface area contributed by atoms with Crippen LogP contribution >= 0.6 is 23.4 Å². The molecule has 2 heterocycles. The van der Waals surface area contributed by atoms with Crippen molar-refractivity contribution in [3.63, 3.8) is 0 Å². The second-order valence-electron chi connectivity index (χ2n) is 9.90. The molecule has 0 radical (unpaired) electrons. The smallest absolute Gasteiger partial charge is 0.249 e. The lowest BCUT2D eigenvalue weighted by molar-refractivity contribution is -0.143. The molecule has 0 bridgehead atoms. The number of likely N-dealkylation sites (tertiary alicyclic amines) is 1. The fraction of sp³-hybridized carbons (Fsp3) is 0.448. The van der Waals surface area contributed by atoms with Gasteiger partial charge in [0, 0.05) is 16.5 Å². The quantitative estimate of drug-likeness (QED) is 0.128. The van der Waals surface area contributed by atoms with Crippen LogP contribution in [0.25, 0.3) is 10.9 Å². The van der Waals surface area contributed by atoms with E-state index in [9.17, 15) is 10.0 Å². The standard InChI is InChI=1S/C29H36ClN3O3S/c1-21-6-9-23(10-7-21)37-18-4-15-33-16-13-29(14-17-33,28(34)32-35)12-3-5-24-25-19-22(36-2)8-11-27(25)31-20-26(24)30/h6-11,19-20,35H,3-5,12-18H2,1-2H3,(H,32,34). The molecule has 1 saturated heterocycles. The highest BCUT2D eigenvalue weighted by Crippen LogP contribution is 2.38. The molecule has 6 nitrogen and oxygen atoms in total. The first-order valence-corrected chi connectivity index (χ1v) is 14.3. The minimum atomic E-state index is -0.561. The van der Waals surface area contributed by atoms with E-state index in [1.165, 1.54) is 10.5 Å². The van der Waals surface area contributed by atoms with Crippen LogP contribution in [-0.2, 0) is 11.2 Å². The van der Waals surface area contributed by atoms with E-state index >= 15 is 0 Å². The summed E-state index contributed by atoms with van der Waals surface area (Å²) in [6.45, 7) is 4.85. The van der Waals surface area contributed by atoms with Gasteiger partial charge >= 0.3 is 0 Å². The molecule has 0 spiro atoms. The summed E-state index contributed by atoms with van der Waals surface area (Å²) < 4.78 is 5.39. The summed E-state index contributed by atoms with van der Waals surface area (Å²) in [6.07, 6.45) is 6.49. The largest absolute Gasteiger partial charge is 0.497 e. The van der Waals surface area contributed by atoms with Crippen molar-refractivity contribution in [1.29, 1.82) is 0 Å². The number of piperidine rings is 1. The van der Waals surface area contributed by atoms with Gasteiger partial charge in [-0.1, -0.05) is 29.3 Å². The third-order valence-electron chi connectivity index (χ3n) is 7.52. The molecular formula is C29H36ClN3O3S. The maximum atomic E-state index is 12.8. The number of halogens is 1. The van der Waals surface area contributed by atoms with Crippen LogP contribution in [0.2, 0.25) is 5.02 Å². The first-order chi connectivity index (χ1) is 17.9. The van der Waals surface area contributed by atoms with Crippen LogP contribution in [0.1, 0.15) is 43.2 Å². The number of rotatable bonds is 11. The first-order valence-electron chi connectivity index (χ1n) is 12.9. The molecule has 4 rings (SSSR count). The van der Waals surface area contributed by atoms with E-state index in [1.807, 2.05) is 35.4 Å². The molecule has 1 aliphatic rings. The van der Waals surface area contributed by atoms with Gasteiger partial charge in [-0.2, -0.15) is 0 Å². The Morgan fingerprint density at radius 3 is 2.65 bits per heavy atom. The van der Waals surface area contributed by atoms with E-state index in [2.05, 4.69) is 41.1 Å². The Balaban J connectivity index is 1.31. The van der Waals surface area contributed by atoms with Crippen molar-refractivity contribution in [3.8, 4) is 5.75 Å². The third-order valence-corrected chi connectivity index (χ3v) is 8.95. The van der Waals surface area contributed by atoms with Crippen LogP contribution in [0.5, 0.6) is 5.75 Å². The Morgan fingerprint density at radius 1 is 1.19 bits per heavy atom. The molecule has 0 saturated carbocycles. The number of hydrogen-bond acceptors (Lipinski definition) is 6. The number of hydroxylamine groups is 1. The van der Waals surface area contributed by atoms with Crippen molar-refractivity contribution in [1.82, 2.24) is 15.4 Å². The Morgan fingerprint density at radius 2 is 1.95 bits per heavy atom. The molecule has 198 valence electrons. The number of carbonyl (C=O) groups excluding carboxylic acids is 1. The van der Waals surface area contributed by atoms with Gasteiger partial charge in [-0.15, -0.1) is 11.8 Å². The second kappa shape index (κ2) is 13.0. The van der Waals surface area contributed by atoms with Crippen molar-refractivity contribution in [2.45, 2.75) is 50.3 Å². The van der Waals surface area contributed by atoms with Gasteiger partial charge in [-0.3, -0.25) is 15.0 Å². The summed E-state index contributed by atoms with van der Waals surface area (Å²) in [4.78, 5) is 21.0. The van der Waals surface area contributed by atoms with Crippen LogP contribution in [0.15, 0.2) is 53.6 Å². The van der Waals surface area contributed by atoms with E-state index in [4.69, 9.17) is 16.3 Å². The molecule has 2 N–H and O–H groups in total. The summed E-state index contributed by atoms with van der Waals surface area (Å²) in [6, 6.07) is 14.5. The van der Waals surface area contributed by atoms with Gasteiger partial charge in [0.2, 0.25) is 5.91 Å². The second-order valence-corrected chi connectivity index (χ2v) is 11.5. The molecule has 0 aliphatic carbocycles. The van der Waals surface area contributed by atoms with Crippen LogP contribution in [0, 0.1) is 12.3 Å². The normalized spacial score (nSPS) is 15.6. The Labute approximate surface area is 228 Å². The number of aryl methyl sites for hydroxylation is 2. The lowest BCUT2D eigenvalue weighted by atomic mass is 9.73. The van der Waals surface area contributed by atoms with Crippen LogP contribution < -0.4 is 10.2 Å². The monoisotopic (exact) mass is 541 g/mol. The van der Waals surface area contributed by atoms with Gasteiger partial charge in [0.1, 0.15) is 5.75 Å². The van der Waals surface area contributed by atoms with E-state index < -0.39 is 5.41 Å². The zero-order valence-corrected chi connectivity index (χ0v) is 23.2. The Hall–Kier alpha value is -2.32. The summed E-state index contributed by atoms with van der Waals surface area (Å²) >= 11 is 8.43. The third kappa shape index (κ3) is 6.96. The van der Waals surface area contributed by atoms with E-state index in [0.29, 0.717) is 11.4 Å². The van der Waals surface area contributed by atoms with Gasteiger partial charge < -0.3 is 9.64 Å². The van der Waals surface area contributed by atoms with Gasteiger partial charge in [0.25, 0.3) is 0 Å². The van der Waals surface area contributed by atoms with Crippen molar-refractivity contribution < 1.29 is 14.7 Å². The van der Waals surface area contributed by atoms with Gasteiger partial charge in [0.15, 0.2) is 0 Å². The predicted molar refractivity (Wildman–Crippen MR) is 151 cm³/mol. The van der Waals surface area contributed by atoms with Gasteiger partial charge in [-0.25, -0.2) is 5.48 Å². The number of amides is 1. The molecule has 0 unspecified atom stereocenters. The molecule has 37 heavy (non-hydrogen) atoms. The molecule has 1 fully saturated rings. The fourth-order valence-corrected chi connectivity index (χ4v) is 6.30. The summed E-state index contributed by atoms with van der Waals surface area (Å²) in [5, 5.41) is 11.1. The highest BCUT2D eigenvalue weighted by molar-refractivity contribution is 7.99. The van der Waals surface area contributed by atoms with Crippen molar-refractivity contribution in [2.24, 2.45) is 5.41 Å². The van der Waals surface area contributed by atoms with Crippen molar-refractivity contribution in [3.05, 3.63) is 64.8 Å². The molecular weight excluding hydrogens is 506 g/mol.